The minimum atomic E-state index is -0.0378. The Morgan fingerprint density at radius 1 is 1.04 bits per heavy atom. The second kappa shape index (κ2) is 7.78. The molecule has 2 aromatic rings. The largest absolute Gasteiger partial charge is 0.336 e. The first-order valence-electron chi connectivity index (χ1n) is 9.48. The number of pyridine rings is 1. The minimum Gasteiger partial charge on any atom is -0.336 e. The molecule has 0 saturated carbocycles. The average Bonchev–Trinajstić information content (AvgIpc) is 3.05. The molecular weight excluding hydrogens is 340 g/mol. The quantitative estimate of drug-likeness (QED) is 0.910. The van der Waals surface area contributed by atoms with Gasteiger partial charge in [-0.1, -0.05) is 30.3 Å². The predicted octanol–water partition coefficient (Wildman–Crippen LogP) is 2.53. The van der Waals surface area contributed by atoms with Gasteiger partial charge in [0.2, 0.25) is 0 Å². The van der Waals surface area contributed by atoms with Crippen LogP contribution in [0, 0.1) is 5.92 Å². The molecule has 0 radical (unpaired) electrons. The number of fused-ring (bicyclic) bond motifs is 4. The van der Waals surface area contributed by atoms with Crippen LogP contribution in [0.2, 0.25) is 0 Å². The molecule has 6 nitrogen and oxygen atoms in total. The van der Waals surface area contributed by atoms with Crippen molar-refractivity contribution in [2.45, 2.75) is 25.4 Å². The van der Waals surface area contributed by atoms with Gasteiger partial charge in [0, 0.05) is 38.6 Å². The maximum Gasteiger partial charge on any atom is 0.317 e. The summed E-state index contributed by atoms with van der Waals surface area (Å²) < 4.78 is 0. The molecule has 1 aromatic carbocycles. The van der Waals surface area contributed by atoms with Crippen LogP contribution in [-0.4, -0.2) is 52.4 Å². The van der Waals surface area contributed by atoms with Crippen molar-refractivity contribution in [3.8, 4) is 0 Å². The third kappa shape index (κ3) is 3.94. The monoisotopic (exact) mass is 364 g/mol. The first-order chi connectivity index (χ1) is 13.2. The number of aromatic nitrogens is 1. The Morgan fingerprint density at radius 2 is 1.89 bits per heavy atom. The van der Waals surface area contributed by atoms with Gasteiger partial charge in [-0.05, 0) is 36.5 Å². The van der Waals surface area contributed by atoms with Gasteiger partial charge in [0.15, 0.2) is 0 Å². The minimum absolute atomic E-state index is 0.00606. The van der Waals surface area contributed by atoms with E-state index in [0.717, 1.165) is 18.4 Å². The molecule has 3 aliphatic heterocycles. The van der Waals surface area contributed by atoms with Crippen molar-refractivity contribution in [2.24, 2.45) is 5.92 Å². The summed E-state index contributed by atoms with van der Waals surface area (Å²) in [7, 11) is 0. The van der Waals surface area contributed by atoms with Gasteiger partial charge in [0.25, 0.3) is 5.91 Å². The molecule has 2 atom stereocenters. The number of nitrogens with zero attached hydrogens (tertiary/aromatic N) is 3. The van der Waals surface area contributed by atoms with Crippen LogP contribution in [-0.2, 0) is 6.54 Å². The highest BCUT2D eigenvalue weighted by Gasteiger charge is 2.38. The maximum atomic E-state index is 12.8. The average molecular weight is 364 g/mol. The zero-order chi connectivity index (χ0) is 18.6. The standard InChI is InChI=1S/C21H24N4O2/c26-20(18-7-4-10-22-12-18)24-13-17-8-9-19(15-24)25(14-17)21(27)23-11-16-5-2-1-3-6-16/h1-7,10,12,17,19H,8-9,11,13-15H2,(H,23,27)/t17-,19+/m0/s1. The molecule has 3 saturated heterocycles. The summed E-state index contributed by atoms with van der Waals surface area (Å²) in [6.07, 6.45) is 5.28. The van der Waals surface area contributed by atoms with Gasteiger partial charge in [-0.3, -0.25) is 9.78 Å². The highest BCUT2D eigenvalue weighted by Crippen LogP contribution is 2.28. The first-order valence-corrected chi connectivity index (χ1v) is 9.48. The second-order valence-corrected chi connectivity index (χ2v) is 7.35. The van der Waals surface area contributed by atoms with Crippen LogP contribution in [0.5, 0.6) is 0 Å². The van der Waals surface area contributed by atoms with E-state index >= 15 is 0 Å². The molecule has 2 bridgehead atoms. The van der Waals surface area contributed by atoms with Crippen molar-refractivity contribution in [2.75, 3.05) is 19.6 Å². The number of hydrogen-bond acceptors (Lipinski definition) is 3. The number of piperidine rings is 1. The van der Waals surface area contributed by atoms with Crippen LogP contribution in [0.25, 0.3) is 0 Å². The summed E-state index contributed by atoms with van der Waals surface area (Å²) in [5.41, 5.74) is 1.69. The molecule has 6 heteroatoms. The van der Waals surface area contributed by atoms with E-state index in [-0.39, 0.29) is 18.0 Å². The molecular formula is C21H24N4O2. The van der Waals surface area contributed by atoms with Crippen LogP contribution in [0.3, 0.4) is 0 Å². The molecule has 27 heavy (non-hydrogen) atoms. The molecule has 0 unspecified atom stereocenters. The van der Waals surface area contributed by atoms with Gasteiger partial charge < -0.3 is 15.1 Å². The molecule has 0 aliphatic carbocycles. The maximum absolute atomic E-state index is 12.8. The van der Waals surface area contributed by atoms with Crippen LogP contribution in [0.4, 0.5) is 4.79 Å². The summed E-state index contributed by atoms with van der Waals surface area (Å²) in [6.45, 7) is 2.52. The Balaban J connectivity index is 1.42. The Hall–Kier alpha value is -2.89. The number of amides is 3. The summed E-state index contributed by atoms with van der Waals surface area (Å²) in [4.78, 5) is 33.5. The molecule has 3 amide bonds. The zero-order valence-electron chi connectivity index (χ0n) is 15.3. The molecule has 4 heterocycles. The lowest BCUT2D eigenvalue weighted by Crippen LogP contribution is -2.51. The summed E-state index contributed by atoms with van der Waals surface area (Å²) in [6, 6.07) is 13.5. The molecule has 140 valence electrons. The van der Waals surface area contributed by atoms with Gasteiger partial charge >= 0.3 is 6.03 Å². The molecule has 3 aliphatic rings. The van der Waals surface area contributed by atoms with Crippen molar-refractivity contribution >= 4 is 11.9 Å². The van der Waals surface area contributed by atoms with Gasteiger partial charge in [-0.2, -0.15) is 0 Å². The number of benzene rings is 1. The number of urea groups is 1. The third-order valence-corrected chi connectivity index (χ3v) is 5.46. The van der Waals surface area contributed by atoms with E-state index in [0.29, 0.717) is 37.7 Å². The summed E-state index contributed by atoms with van der Waals surface area (Å²) in [5, 5.41) is 3.03. The van der Waals surface area contributed by atoms with Gasteiger partial charge in [-0.25, -0.2) is 4.79 Å². The fourth-order valence-corrected chi connectivity index (χ4v) is 4.04. The Kier molecular flexibility index (Phi) is 5.05. The van der Waals surface area contributed by atoms with E-state index in [2.05, 4.69) is 10.3 Å². The lowest BCUT2D eigenvalue weighted by Gasteiger charge is -2.36. The van der Waals surface area contributed by atoms with Crippen LogP contribution in [0.1, 0.15) is 28.8 Å². The summed E-state index contributed by atoms with van der Waals surface area (Å²) >= 11 is 0. The highest BCUT2D eigenvalue weighted by atomic mass is 16.2. The molecule has 1 aromatic heterocycles. The SMILES string of the molecule is O=C(c1cccnc1)N1C[C@@H]2CC[C@H](C1)N(C(=O)NCc1ccccc1)C2. The van der Waals surface area contributed by atoms with Crippen molar-refractivity contribution in [1.29, 1.82) is 0 Å². The van der Waals surface area contributed by atoms with Crippen molar-refractivity contribution in [3.63, 3.8) is 0 Å². The van der Waals surface area contributed by atoms with Gasteiger partial charge in [-0.15, -0.1) is 0 Å². The molecule has 5 rings (SSSR count). The van der Waals surface area contributed by atoms with E-state index in [9.17, 15) is 9.59 Å². The molecule has 0 spiro atoms. The van der Waals surface area contributed by atoms with Crippen LogP contribution < -0.4 is 5.32 Å². The molecule has 3 fully saturated rings. The van der Waals surface area contributed by atoms with E-state index in [1.54, 1.807) is 24.5 Å². The normalized spacial score (nSPS) is 21.6. The molecule has 1 N–H and O–H groups in total. The topological polar surface area (TPSA) is 65.5 Å². The van der Waals surface area contributed by atoms with Crippen molar-refractivity contribution in [1.82, 2.24) is 20.1 Å². The smallest absolute Gasteiger partial charge is 0.317 e. The lowest BCUT2D eigenvalue weighted by molar-refractivity contribution is 0.0741. The number of hydrogen-bond donors (Lipinski definition) is 1. The van der Waals surface area contributed by atoms with Crippen LogP contribution in [0.15, 0.2) is 54.9 Å². The zero-order valence-corrected chi connectivity index (χ0v) is 15.3. The lowest BCUT2D eigenvalue weighted by atomic mass is 9.95. The number of carbonyl (C=O) groups is 2. The van der Waals surface area contributed by atoms with E-state index < -0.39 is 0 Å². The van der Waals surface area contributed by atoms with Crippen molar-refractivity contribution < 1.29 is 9.59 Å². The first kappa shape index (κ1) is 17.5. The Morgan fingerprint density at radius 3 is 2.67 bits per heavy atom. The van der Waals surface area contributed by atoms with Gasteiger partial charge in [0.05, 0.1) is 11.6 Å². The number of rotatable bonds is 3. The van der Waals surface area contributed by atoms with Crippen LogP contribution >= 0.6 is 0 Å². The Bertz CT molecular complexity index is 796. The number of carbonyl (C=O) groups excluding carboxylic acids is 2. The van der Waals surface area contributed by atoms with Gasteiger partial charge in [0.1, 0.15) is 0 Å². The predicted molar refractivity (Wildman–Crippen MR) is 102 cm³/mol. The van der Waals surface area contributed by atoms with E-state index in [1.165, 1.54) is 0 Å². The highest BCUT2D eigenvalue weighted by molar-refractivity contribution is 5.94. The van der Waals surface area contributed by atoms with E-state index in [4.69, 9.17) is 0 Å². The summed E-state index contributed by atoms with van der Waals surface area (Å²) in [5.74, 6) is 0.332. The fraction of sp³-hybridized carbons (Fsp3) is 0.381. The van der Waals surface area contributed by atoms with Crippen molar-refractivity contribution in [3.05, 3.63) is 66.0 Å². The second-order valence-electron chi connectivity index (χ2n) is 7.35. The van der Waals surface area contributed by atoms with E-state index in [1.807, 2.05) is 40.1 Å². The Labute approximate surface area is 159 Å². The third-order valence-electron chi connectivity index (χ3n) is 5.46. The number of nitrogens with one attached hydrogen (secondary N) is 1. The fourth-order valence-electron chi connectivity index (χ4n) is 4.04.